The molecule has 0 spiro atoms. The molecule has 0 unspecified atom stereocenters. The van der Waals surface area contributed by atoms with Crippen LogP contribution in [0.3, 0.4) is 0 Å². The van der Waals surface area contributed by atoms with E-state index in [1.54, 1.807) is 0 Å². The summed E-state index contributed by atoms with van der Waals surface area (Å²) >= 11 is 0. The van der Waals surface area contributed by atoms with Crippen molar-refractivity contribution in [2.45, 2.75) is 32.6 Å². The van der Waals surface area contributed by atoms with Crippen molar-refractivity contribution in [3.8, 4) is 27.9 Å². The molecular weight excluding hydrogens is 605 g/mol. The first-order chi connectivity index (χ1) is 24.6. The van der Waals surface area contributed by atoms with Gasteiger partial charge in [0.1, 0.15) is 5.82 Å². The van der Waals surface area contributed by atoms with E-state index in [0.717, 1.165) is 22.5 Å². The molecule has 9 aromatic rings. The highest BCUT2D eigenvalue weighted by molar-refractivity contribution is 6.09. The summed E-state index contributed by atoms with van der Waals surface area (Å²) in [6.07, 6.45) is 0. The summed E-state index contributed by atoms with van der Waals surface area (Å²) in [5.74, 6) is 1.32. The monoisotopic (exact) mass is 642 g/mol. The van der Waals surface area contributed by atoms with Crippen LogP contribution < -0.4 is 0 Å². The van der Waals surface area contributed by atoms with Crippen molar-refractivity contribution >= 4 is 43.4 Å². The maximum atomic E-state index is 5.35. The molecule has 0 N–H and O–H groups in total. The summed E-state index contributed by atoms with van der Waals surface area (Å²) in [6, 6.07) is 59.5. The van der Waals surface area contributed by atoms with Gasteiger partial charge in [0.25, 0.3) is 0 Å². The van der Waals surface area contributed by atoms with Gasteiger partial charge >= 0.3 is 0 Å². The van der Waals surface area contributed by atoms with Crippen LogP contribution in [0.2, 0.25) is 0 Å². The van der Waals surface area contributed by atoms with Crippen molar-refractivity contribution in [3.05, 3.63) is 181 Å². The minimum Gasteiger partial charge on any atom is -0.296 e. The van der Waals surface area contributed by atoms with Gasteiger partial charge in [-0.25, -0.2) is 4.98 Å². The molecule has 2 nitrogen and oxygen atoms in total. The zero-order chi connectivity index (χ0) is 33.8. The van der Waals surface area contributed by atoms with E-state index in [-0.39, 0.29) is 11.8 Å². The van der Waals surface area contributed by atoms with Crippen LogP contribution in [-0.2, 0) is 0 Å². The molecule has 0 bridgehead atoms. The third kappa shape index (κ3) is 4.91. The van der Waals surface area contributed by atoms with Crippen molar-refractivity contribution in [2.75, 3.05) is 0 Å². The van der Waals surface area contributed by atoms with Gasteiger partial charge in [-0.15, -0.1) is 0 Å². The molecule has 0 radical (unpaired) electrons. The van der Waals surface area contributed by atoms with Gasteiger partial charge in [-0.05, 0) is 115 Å². The first-order valence-electron chi connectivity index (χ1n) is 17.6. The fourth-order valence-corrected chi connectivity index (χ4v) is 8.20. The number of rotatable bonds is 6. The van der Waals surface area contributed by atoms with E-state index in [1.807, 2.05) is 0 Å². The highest BCUT2D eigenvalue weighted by Gasteiger charge is 2.29. The molecule has 0 amide bonds. The third-order valence-electron chi connectivity index (χ3n) is 10.8. The average Bonchev–Trinajstić information content (AvgIpc) is 3.56. The molecule has 0 fully saturated rings. The van der Waals surface area contributed by atoms with Crippen LogP contribution >= 0.6 is 0 Å². The van der Waals surface area contributed by atoms with E-state index < -0.39 is 0 Å². The van der Waals surface area contributed by atoms with Gasteiger partial charge in [0.15, 0.2) is 0 Å². The number of hydrogen-bond acceptors (Lipinski definition) is 1. The summed E-state index contributed by atoms with van der Waals surface area (Å²) in [7, 11) is 0. The van der Waals surface area contributed by atoms with E-state index in [0.29, 0.717) is 0 Å². The van der Waals surface area contributed by atoms with E-state index in [4.69, 9.17) is 4.98 Å². The molecular formula is C48H38N2. The molecule has 1 aromatic heterocycles. The van der Waals surface area contributed by atoms with Crippen LogP contribution in [0, 0.1) is 6.92 Å². The van der Waals surface area contributed by atoms with Crippen molar-refractivity contribution in [2.24, 2.45) is 0 Å². The van der Waals surface area contributed by atoms with Gasteiger partial charge in [0.05, 0.1) is 11.0 Å². The SMILES string of the molecule is Cc1c([C@@H](C)[C@H](C)c2nc3ccccc3n2-c2ccccc2)c(-c2ccc3ccccc3c2)c2ccccc2c1-c1ccc2ccccc2c1. The second-order valence-electron chi connectivity index (χ2n) is 13.7. The van der Waals surface area contributed by atoms with Gasteiger partial charge in [-0.1, -0.05) is 141 Å². The quantitative estimate of drug-likeness (QED) is 0.176. The Morgan fingerprint density at radius 2 is 1.00 bits per heavy atom. The van der Waals surface area contributed by atoms with Gasteiger partial charge in [-0.2, -0.15) is 0 Å². The first kappa shape index (κ1) is 30.1. The van der Waals surface area contributed by atoms with Crippen molar-refractivity contribution in [1.82, 2.24) is 9.55 Å². The standard InChI is InChI=1S/C48H38N2/c1-31(32(2)48-49-43-23-13-14-24-44(43)50(48)40-19-5-4-6-20-40)45-33(3)46(38-27-25-34-15-7-9-17-36(34)29-38)41-21-11-12-22-42(41)47(45)39-28-26-35-16-8-10-18-37(35)30-39/h4-32H,1-3H3/t31-,32-/m0/s1. The lowest BCUT2D eigenvalue weighted by molar-refractivity contribution is 0.583. The number of para-hydroxylation sites is 3. The number of fused-ring (bicyclic) bond motifs is 4. The van der Waals surface area contributed by atoms with E-state index in [1.165, 1.54) is 65.7 Å². The van der Waals surface area contributed by atoms with Crippen molar-refractivity contribution in [3.63, 3.8) is 0 Å². The first-order valence-corrected chi connectivity index (χ1v) is 17.6. The zero-order valence-corrected chi connectivity index (χ0v) is 28.6. The molecule has 8 aromatic carbocycles. The molecule has 0 saturated carbocycles. The molecule has 0 aliphatic carbocycles. The summed E-state index contributed by atoms with van der Waals surface area (Å²) in [5.41, 5.74) is 11.1. The number of aromatic nitrogens is 2. The normalized spacial score (nSPS) is 12.9. The van der Waals surface area contributed by atoms with Crippen LogP contribution in [-0.4, -0.2) is 9.55 Å². The smallest absolute Gasteiger partial charge is 0.117 e. The van der Waals surface area contributed by atoms with E-state index >= 15 is 0 Å². The summed E-state index contributed by atoms with van der Waals surface area (Å²) < 4.78 is 2.37. The predicted molar refractivity (Wildman–Crippen MR) is 212 cm³/mol. The van der Waals surface area contributed by atoms with Gasteiger partial charge in [0, 0.05) is 11.6 Å². The highest BCUT2D eigenvalue weighted by Crippen LogP contribution is 2.48. The summed E-state index contributed by atoms with van der Waals surface area (Å²) in [5, 5.41) is 7.58. The van der Waals surface area contributed by atoms with Gasteiger partial charge in [0.2, 0.25) is 0 Å². The summed E-state index contributed by atoms with van der Waals surface area (Å²) in [6.45, 7) is 7.12. The Kier molecular flexibility index (Phi) is 7.32. The molecule has 9 rings (SSSR count). The molecule has 2 atom stereocenters. The highest BCUT2D eigenvalue weighted by atomic mass is 15.1. The minimum absolute atomic E-state index is 0.103. The Hall–Kier alpha value is -5.99. The third-order valence-corrected chi connectivity index (χ3v) is 10.8. The number of hydrogen-bond donors (Lipinski definition) is 0. The Balaban J connectivity index is 1.33. The largest absolute Gasteiger partial charge is 0.296 e. The molecule has 1 heterocycles. The Morgan fingerprint density at radius 1 is 0.480 bits per heavy atom. The average molecular weight is 643 g/mol. The van der Waals surface area contributed by atoms with Crippen LogP contribution in [0.5, 0.6) is 0 Å². The topological polar surface area (TPSA) is 17.8 Å². The number of benzene rings is 8. The maximum absolute atomic E-state index is 5.35. The van der Waals surface area contributed by atoms with E-state index in [9.17, 15) is 0 Å². The second kappa shape index (κ2) is 12.2. The summed E-state index contributed by atoms with van der Waals surface area (Å²) in [4.78, 5) is 5.35. The minimum atomic E-state index is 0.103. The predicted octanol–water partition coefficient (Wildman–Crippen LogP) is 13.0. The fraction of sp³-hybridized carbons (Fsp3) is 0.104. The number of imidazole rings is 1. The molecule has 2 heteroatoms. The molecule has 0 aliphatic heterocycles. The fourth-order valence-electron chi connectivity index (χ4n) is 8.20. The van der Waals surface area contributed by atoms with Crippen molar-refractivity contribution in [1.29, 1.82) is 0 Å². The Morgan fingerprint density at radius 3 is 1.66 bits per heavy atom. The maximum Gasteiger partial charge on any atom is 0.117 e. The van der Waals surface area contributed by atoms with Gasteiger partial charge < -0.3 is 0 Å². The zero-order valence-electron chi connectivity index (χ0n) is 28.6. The lowest BCUT2D eigenvalue weighted by atomic mass is 9.76. The molecule has 0 saturated heterocycles. The lowest BCUT2D eigenvalue weighted by Crippen LogP contribution is -2.14. The van der Waals surface area contributed by atoms with E-state index in [2.05, 4.69) is 189 Å². The van der Waals surface area contributed by atoms with Crippen LogP contribution in [0.1, 0.15) is 42.6 Å². The molecule has 0 aliphatic rings. The van der Waals surface area contributed by atoms with Gasteiger partial charge in [-0.3, -0.25) is 4.57 Å². The lowest BCUT2D eigenvalue weighted by Gasteiger charge is -2.29. The Bertz CT molecular complexity index is 2700. The van der Waals surface area contributed by atoms with Crippen LogP contribution in [0.4, 0.5) is 0 Å². The van der Waals surface area contributed by atoms with Crippen molar-refractivity contribution < 1.29 is 0 Å². The molecule has 240 valence electrons. The molecule has 50 heavy (non-hydrogen) atoms. The second-order valence-corrected chi connectivity index (χ2v) is 13.7. The van der Waals surface area contributed by atoms with Crippen LogP contribution in [0.25, 0.3) is 71.3 Å². The van der Waals surface area contributed by atoms with Crippen LogP contribution in [0.15, 0.2) is 164 Å². The Labute approximate surface area is 293 Å². The number of nitrogens with zero attached hydrogens (tertiary/aromatic N) is 2.